The minimum atomic E-state index is 0.0940. The van der Waals surface area contributed by atoms with Crippen molar-refractivity contribution in [1.82, 2.24) is 4.57 Å². The summed E-state index contributed by atoms with van der Waals surface area (Å²) in [5, 5.41) is 5.79. The summed E-state index contributed by atoms with van der Waals surface area (Å²) in [6.45, 7) is 4.00. The first kappa shape index (κ1) is 16.1. The number of aromatic nitrogens is 1. The average molecular weight is 354 g/mol. The number of hydrogen-bond donors (Lipinski definition) is 1. The third kappa shape index (κ3) is 2.46. The van der Waals surface area contributed by atoms with Crippen LogP contribution in [0.15, 0.2) is 60.7 Å². The zero-order chi connectivity index (χ0) is 18.4. The van der Waals surface area contributed by atoms with E-state index in [-0.39, 0.29) is 5.78 Å². The summed E-state index contributed by atoms with van der Waals surface area (Å²) < 4.78 is 2.31. The van der Waals surface area contributed by atoms with Gasteiger partial charge in [-0.05, 0) is 55.7 Å². The first-order valence-corrected chi connectivity index (χ1v) is 9.69. The number of carbonyl (C=O) groups excluding carboxylic acids is 1. The van der Waals surface area contributed by atoms with Crippen molar-refractivity contribution in [1.29, 1.82) is 0 Å². The Labute approximate surface area is 158 Å². The SMILES string of the molecule is CCn1c2ccccc2c2cc(C(=O)c3cccc4c3NCCC4)ccc21. The average Bonchev–Trinajstić information content (AvgIpc) is 3.05. The van der Waals surface area contributed by atoms with E-state index in [1.54, 1.807) is 0 Å². The summed E-state index contributed by atoms with van der Waals surface area (Å²) in [7, 11) is 0. The third-order valence-electron chi connectivity index (χ3n) is 5.67. The van der Waals surface area contributed by atoms with Gasteiger partial charge in [-0.3, -0.25) is 4.79 Å². The summed E-state index contributed by atoms with van der Waals surface area (Å²) in [5.41, 5.74) is 6.20. The van der Waals surface area contributed by atoms with Crippen LogP contribution in [0, 0.1) is 0 Å². The fraction of sp³-hybridized carbons (Fsp3) is 0.208. The summed E-state index contributed by atoms with van der Waals surface area (Å²) in [6.07, 6.45) is 2.15. The van der Waals surface area contributed by atoms with Crippen LogP contribution < -0.4 is 5.32 Å². The Morgan fingerprint density at radius 3 is 2.74 bits per heavy atom. The summed E-state index contributed by atoms with van der Waals surface area (Å²) in [4.78, 5) is 13.3. The standard InChI is InChI=1S/C24H22N2O/c1-2-26-21-11-4-3-9-18(21)20-15-17(12-13-22(20)26)24(27)19-10-5-7-16-8-6-14-25-23(16)19/h3-5,7,9-13,15,25H,2,6,8,14H2,1H3. The van der Waals surface area contributed by atoms with Gasteiger partial charge in [0.25, 0.3) is 0 Å². The van der Waals surface area contributed by atoms with Crippen molar-refractivity contribution < 1.29 is 4.79 Å². The lowest BCUT2D eigenvalue weighted by Gasteiger charge is -2.20. The number of anilines is 1. The second-order valence-corrected chi connectivity index (χ2v) is 7.19. The summed E-state index contributed by atoms with van der Waals surface area (Å²) in [5.74, 6) is 0.0940. The molecule has 0 saturated heterocycles. The second-order valence-electron chi connectivity index (χ2n) is 7.19. The maximum Gasteiger partial charge on any atom is 0.195 e. The van der Waals surface area contributed by atoms with Crippen LogP contribution in [0.5, 0.6) is 0 Å². The molecular weight excluding hydrogens is 332 g/mol. The zero-order valence-corrected chi connectivity index (χ0v) is 15.5. The maximum absolute atomic E-state index is 13.3. The summed E-state index contributed by atoms with van der Waals surface area (Å²) >= 11 is 0. The molecule has 134 valence electrons. The van der Waals surface area contributed by atoms with Gasteiger partial charge in [-0.25, -0.2) is 0 Å². The quantitative estimate of drug-likeness (QED) is 0.500. The fourth-order valence-electron chi connectivity index (χ4n) is 4.39. The number of benzene rings is 3. The van der Waals surface area contributed by atoms with Crippen molar-refractivity contribution in [3.8, 4) is 0 Å². The molecule has 2 heterocycles. The normalized spacial score (nSPS) is 13.5. The lowest BCUT2D eigenvalue weighted by molar-refractivity contribution is 0.103. The van der Waals surface area contributed by atoms with Crippen molar-refractivity contribution in [3.05, 3.63) is 77.4 Å². The molecule has 1 N–H and O–H groups in total. The van der Waals surface area contributed by atoms with E-state index >= 15 is 0 Å². The van der Waals surface area contributed by atoms with E-state index in [0.717, 1.165) is 48.1 Å². The molecule has 0 aliphatic carbocycles. The van der Waals surface area contributed by atoms with Crippen LogP contribution in [0.3, 0.4) is 0 Å². The molecule has 4 aromatic rings. The van der Waals surface area contributed by atoms with Crippen LogP contribution in [-0.4, -0.2) is 16.9 Å². The van der Waals surface area contributed by atoms with E-state index in [2.05, 4.69) is 59.3 Å². The lowest BCUT2D eigenvalue weighted by atomic mass is 9.94. The Morgan fingerprint density at radius 1 is 1.00 bits per heavy atom. The molecule has 0 unspecified atom stereocenters. The first-order chi connectivity index (χ1) is 13.3. The van der Waals surface area contributed by atoms with Gasteiger partial charge in [-0.1, -0.05) is 30.3 Å². The van der Waals surface area contributed by atoms with E-state index in [4.69, 9.17) is 0 Å². The van der Waals surface area contributed by atoms with E-state index in [9.17, 15) is 4.79 Å². The largest absolute Gasteiger partial charge is 0.384 e. The second kappa shape index (κ2) is 6.27. The molecule has 0 amide bonds. The van der Waals surface area contributed by atoms with Gasteiger partial charge in [0.15, 0.2) is 5.78 Å². The number of para-hydroxylation sites is 2. The third-order valence-corrected chi connectivity index (χ3v) is 5.67. The highest BCUT2D eigenvalue weighted by Gasteiger charge is 2.19. The Hall–Kier alpha value is -3.07. The number of rotatable bonds is 3. The number of nitrogens with one attached hydrogen (secondary N) is 1. The first-order valence-electron chi connectivity index (χ1n) is 9.69. The predicted octanol–water partition coefficient (Wildman–Crippen LogP) is 5.40. The molecule has 1 aliphatic heterocycles. The molecule has 3 nitrogen and oxygen atoms in total. The molecule has 0 bridgehead atoms. The molecule has 1 aromatic heterocycles. The lowest BCUT2D eigenvalue weighted by Crippen LogP contribution is -2.16. The van der Waals surface area contributed by atoms with E-state index in [0.29, 0.717) is 0 Å². The predicted molar refractivity (Wildman–Crippen MR) is 112 cm³/mol. The molecule has 5 rings (SSSR count). The zero-order valence-electron chi connectivity index (χ0n) is 15.5. The smallest absolute Gasteiger partial charge is 0.195 e. The molecule has 1 aliphatic rings. The molecule has 3 aromatic carbocycles. The Kier molecular flexibility index (Phi) is 3.75. The maximum atomic E-state index is 13.3. The highest BCUT2D eigenvalue weighted by atomic mass is 16.1. The molecule has 0 fully saturated rings. The summed E-state index contributed by atoms with van der Waals surface area (Å²) in [6, 6.07) is 20.6. The number of nitrogens with zero attached hydrogens (tertiary/aromatic N) is 1. The molecule has 0 atom stereocenters. The Balaban J connectivity index is 1.68. The highest BCUT2D eigenvalue weighted by Crippen LogP contribution is 2.32. The van der Waals surface area contributed by atoms with Crippen LogP contribution in [0.25, 0.3) is 21.8 Å². The van der Waals surface area contributed by atoms with Gasteiger partial charge in [-0.2, -0.15) is 0 Å². The number of hydrogen-bond acceptors (Lipinski definition) is 2. The van der Waals surface area contributed by atoms with Gasteiger partial charge >= 0.3 is 0 Å². The van der Waals surface area contributed by atoms with Crippen molar-refractivity contribution in [2.45, 2.75) is 26.3 Å². The van der Waals surface area contributed by atoms with Crippen LogP contribution >= 0.6 is 0 Å². The van der Waals surface area contributed by atoms with Crippen molar-refractivity contribution in [2.75, 3.05) is 11.9 Å². The van der Waals surface area contributed by atoms with Crippen LogP contribution in [0.4, 0.5) is 5.69 Å². The molecular formula is C24H22N2O. The van der Waals surface area contributed by atoms with Gasteiger partial charge in [0.1, 0.15) is 0 Å². The van der Waals surface area contributed by atoms with Gasteiger partial charge < -0.3 is 9.88 Å². The minimum Gasteiger partial charge on any atom is -0.384 e. The van der Waals surface area contributed by atoms with E-state index in [1.165, 1.54) is 22.0 Å². The van der Waals surface area contributed by atoms with Crippen LogP contribution in [0.1, 0.15) is 34.8 Å². The number of aryl methyl sites for hydroxylation is 2. The Morgan fingerprint density at radius 2 is 1.85 bits per heavy atom. The highest BCUT2D eigenvalue weighted by molar-refractivity contribution is 6.16. The van der Waals surface area contributed by atoms with E-state index < -0.39 is 0 Å². The van der Waals surface area contributed by atoms with Gasteiger partial charge in [0, 0.05) is 51.7 Å². The molecule has 0 saturated carbocycles. The fourth-order valence-corrected chi connectivity index (χ4v) is 4.39. The van der Waals surface area contributed by atoms with Crippen molar-refractivity contribution in [2.24, 2.45) is 0 Å². The Bertz CT molecular complexity index is 1190. The monoisotopic (exact) mass is 354 g/mol. The van der Waals surface area contributed by atoms with Gasteiger partial charge in [0.05, 0.1) is 0 Å². The van der Waals surface area contributed by atoms with Gasteiger partial charge in [0.2, 0.25) is 0 Å². The van der Waals surface area contributed by atoms with Crippen LogP contribution in [0.2, 0.25) is 0 Å². The number of carbonyl (C=O) groups is 1. The number of ketones is 1. The number of fused-ring (bicyclic) bond motifs is 4. The molecule has 0 radical (unpaired) electrons. The van der Waals surface area contributed by atoms with Gasteiger partial charge in [-0.15, -0.1) is 0 Å². The molecule has 0 spiro atoms. The minimum absolute atomic E-state index is 0.0940. The molecule has 27 heavy (non-hydrogen) atoms. The molecule has 3 heteroatoms. The topological polar surface area (TPSA) is 34.0 Å². The van der Waals surface area contributed by atoms with Crippen molar-refractivity contribution in [3.63, 3.8) is 0 Å². The van der Waals surface area contributed by atoms with Crippen LogP contribution in [-0.2, 0) is 13.0 Å². The van der Waals surface area contributed by atoms with Crippen molar-refractivity contribution >= 4 is 33.3 Å². The van der Waals surface area contributed by atoms with E-state index in [1.807, 2.05) is 18.2 Å².